The third-order valence-electron chi connectivity index (χ3n) is 1.77. The number of alkyl carbamates (subject to hydrolysis) is 1. The number of hydrogen-bond donors (Lipinski definition) is 1. The smallest absolute Gasteiger partial charge is 0.407 e. The van der Waals surface area contributed by atoms with Crippen LogP contribution >= 0.6 is 11.6 Å². The van der Waals surface area contributed by atoms with Gasteiger partial charge in [-0.05, 0) is 0 Å². The lowest BCUT2D eigenvalue weighted by atomic mass is 10.3. The van der Waals surface area contributed by atoms with E-state index in [9.17, 15) is 13.2 Å². The fourth-order valence-corrected chi connectivity index (χ4v) is 3.70. The predicted octanol–water partition coefficient (Wildman–Crippen LogP) is -0.253. The van der Waals surface area contributed by atoms with Crippen LogP contribution in [0.5, 0.6) is 0 Å². The molecule has 76 valence electrons. The van der Waals surface area contributed by atoms with Crippen LogP contribution in [0.25, 0.3) is 0 Å². The number of hydrogen-bond acceptors (Lipinski definition) is 4. The molecule has 0 spiro atoms. The molecule has 1 heterocycles. The van der Waals surface area contributed by atoms with Crippen LogP contribution in [0.3, 0.4) is 0 Å². The molecule has 0 aromatic heterocycles. The molecular weight excluding hydrogens is 218 g/mol. The summed E-state index contributed by atoms with van der Waals surface area (Å²) in [6.07, 6.45) is -0.659. The zero-order chi connectivity index (χ0) is 10.1. The number of amides is 1. The molecular formula is C6H10ClNO4S. The molecule has 0 aromatic rings. The molecule has 0 unspecified atom stereocenters. The van der Waals surface area contributed by atoms with Gasteiger partial charge in [-0.25, -0.2) is 13.2 Å². The molecule has 1 aliphatic rings. The Labute approximate surface area is 81.3 Å². The van der Waals surface area contributed by atoms with Crippen LogP contribution in [0.15, 0.2) is 0 Å². The number of carbonyl (C=O) groups excluding carboxylic acids is 1. The summed E-state index contributed by atoms with van der Waals surface area (Å²) in [6, 6.07) is -0.542. The molecule has 0 saturated carbocycles. The highest BCUT2D eigenvalue weighted by Crippen LogP contribution is 2.17. The summed E-state index contributed by atoms with van der Waals surface area (Å²) in [5.74, 6) is -0.209. The number of alkyl halides is 1. The third kappa shape index (κ3) is 2.73. The van der Waals surface area contributed by atoms with Gasteiger partial charge in [0.15, 0.2) is 9.84 Å². The van der Waals surface area contributed by atoms with Crippen LogP contribution < -0.4 is 5.32 Å². The highest BCUT2D eigenvalue weighted by Gasteiger charge is 2.37. The molecule has 2 atom stereocenters. The SMILES string of the molecule is COC(=O)N[C@H]1CS(=O)(=O)C[C@H]1Cl. The maximum Gasteiger partial charge on any atom is 0.407 e. The first-order valence-corrected chi connectivity index (χ1v) is 5.89. The standard InChI is InChI=1S/C6H10ClNO4S/c1-12-6(9)8-5-3-13(10,11)2-4(5)7/h4-5H,2-3H2,1H3,(H,8,9)/t4-,5+/m1/s1. The van der Waals surface area contributed by atoms with Crippen molar-refractivity contribution in [1.29, 1.82) is 0 Å². The van der Waals surface area contributed by atoms with Crippen LogP contribution in [-0.2, 0) is 14.6 Å². The summed E-state index contributed by atoms with van der Waals surface area (Å²) in [4.78, 5) is 10.7. The molecule has 5 nitrogen and oxygen atoms in total. The van der Waals surface area contributed by atoms with E-state index in [0.717, 1.165) is 0 Å². The normalized spacial score (nSPS) is 31.2. The molecule has 1 fully saturated rings. The van der Waals surface area contributed by atoms with Crippen LogP contribution in [-0.4, -0.2) is 44.5 Å². The first-order valence-electron chi connectivity index (χ1n) is 3.63. The highest BCUT2D eigenvalue weighted by atomic mass is 35.5. The average molecular weight is 228 g/mol. The third-order valence-corrected chi connectivity index (χ3v) is 4.15. The maximum absolute atomic E-state index is 11.0. The zero-order valence-corrected chi connectivity index (χ0v) is 8.56. The number of rotatable bonds is 1. The number of methoxy groups -OCH3 is 1. The Morgan fingerprint density at radius 2 is 2.15 bits per heavy atom. The Hall–Kier alpha value is -0.490. The van der Waals surface area contributed by atoms with E-state index in [4.69, 9.17) is 11.6 Å². The van der Waals surface area contributed by atoms with Crippen molar-refractivity contribution in [2.75, 3.05) is 18.6 Å². The lowest BCUT2D eigenvalue weighted by molar-refractivity contribution is 0.168. The summed E-state index contributed by atoms with van der Waals surface area (Å²) < 4.78 is 26.4. The molecule has 1 saturated heterocycles. The van der Waals surface area contributed by atoms with Gasteiger partial charge in [0, 0.05) is 0 Å². The van der Waals surface area contributed by atoms with E-state index in [1.165, 1.54) is 7.11 Å². The van der Waals surface area contributed by atoms with Crippen molar-refractivity contribution in [2.24, 2.45) is 0 Å². The van der Waals surface area contributed by atoms with Gasteiger partial charge in [-0.1, -0.05) is 0 Å². The van der Waals surface area contributed by atoms with Crippen LogP contribution in [0, 0.1) is 0 Å². The van der Waals surface area contributed by atoms with Gasteiger partial charge >= 0.3 is 6.09 Å². The van der Waals surface area contributed by atoms with Crippen molar-refractivity contribution in [1.82, 2.24) is 5.32 Å². The van der Waals surface area contributed by atoms with Crippen LogP contribution in [0.4, 0.5) is 4.79 Å². The van der Waals surface area contributed by atoms with Crippen molar-refractivity contribution in [2.45, 2.75) is 11.4 Å². The van der Waals surface area contributed by atoms with Crippen LogP contribution in [0.2, 0.25) is 0 Å². The van der Waals surface area contributed by atoms with Crippen molar-refractivity contribution < 1.29 is 17.9 Å². The lowest BCUT2D eigenvalue weighted by Gasteiger charge is -2.12. The highest BCUT2D eigenvalue weighted by molar-refractivity contribution is 7.91. The van der Waals surface area contributed by atoms with E-state index >= 15 is 0 Å². The number of carbonyl (C=O) groups is 1. The van der Waals surface area contributed by atoms with Gasteiger partial charge in [-0.3, -0.25) is 0 Å². The number of nitrogens with one attached hydrogen (secondary N) is 1. The summed E-state index contributed by atoms with van der Waals surface area (Å²) in [6.45, 7) is 0. The fraction of sp³-hybridized carbons (Fsp3) is 0.833. The van der Waals surface area contributed by atoms with E-state index in [1.807, 2.05) is 0 Å². The lowest BCUT2D eigenvalue weighted by Crippen LogP contribution is -2.40. The number of ether oxygens (including phenoxy) is 1. The molecule has 0 aromatic carbocycles. The second kappa shape index (κ2) is 3.71. The molecule has 1 N–H and O–H groups in total. The number of halogens is 1. The van der Waals surface area contributed by atoms with Gasteiger partial charge in [0.05, 0.1) is 30.0 Å². The molecule has 1 aliphatic heterocycles. The Balaban J connectivity index is 2.59. The first kappa shape index (κ1) is 10.6. The minimum atomic E-state index is -3.10. The van der Waals surface area contributed by atoms with Gasteiger partial charge in [0.1, 0.15) is 0 Å². The predicted molar refractivity (Wildman–Crippen MR) is 47.6 cm³/mol. The van der Waals surface area contributed by atoms with Gasteiger partial charge in [-0.15, -0.1) is 11.6 Å². The first-order chi connectivity index (χ1) is 5.94. The summed E-state index contributed by atoms with van der Waals surface area (Å²) >= 11 is 5.71. The zero-order valence-electron chi connectivity index (χ0n) is 6.99. The molecule has 1 rings (SSSR count). The van der Waals surface area contributed by atoms with Gasteiger partial charge < -0.3 is 10.1 Å². The largest absolute Gasteiger partial charge is 0.453 e. The van der Waals surface area contributed by atoms with Crippen molar-refractivity contribution >= 4 is 27.5 Å². The van der Waals surface area contributed by atoms with Gasteiger partial charge in [0.2, 0.25) is 0 Å². The van der Waals surface area contributed by atoms with Crippen molar-refractivity contribution in [3.05, 3.63) is 0 Å². The summed E-state index contributed by atoms with van der Waals surface area (Å²) in [5.41, 5.74) is 0. The average Bonchev–Trinajstić information content (AvgIpc) is 2.24. The van der Waals surface area contributed by atoms with E-state index in [1.54, 1.807) is 0 Å². The van der Waals surface area contributed by atoms with E-state index < -0.39 is 27.3 Å². The van der Waals surface area contributed by atoms with Crippen LogP contribution in [0.1, 0.15) is 0 Å². The fourth-order valence-electron chi connectivity index (χ4n) is 1.15. The second-order valence-electron chi connectivity index (χ2n) is 2.84. The summed E-state index contributed by atoms with van der Waals surface area (Å²) in [5, 5.41) is 1.80. The van der Waals surface area contributed by atoms with Crippen molar-refractivity contribution in [3.63, 3.8) is 0 Å². The topological polar surface area (TPSA) is 72.5 Å². The Morgan fingerprint density at radius 1 is 1.54 bits per heavy atom. The molecule has 13 heavy (non-hydrogen) atoms. The molecule has 7 heteroatoms. The molecule has 0 radical (unpaired) electrons. The maximum atomic E-state index is 11.0. The van der Waals surface area contributed by atoms with Gasteiger partial charge in [0.25, 0.3) is 0 Å². The monoisotopic (exact) mass is 227 g/mol. The van der Waals surface area contributed by atoms with Crippen molar-refractivity contribution in [3.8, 4) is 0 Å². The molecule has 0 aliphatic carbocycles. The quantitative estimate of drug-likeness (QED) is 0.627. The Morgan fingerprint density at radius 3 is 2.54 bits per heavy atom. The van der Waals surface area contributed by atoms with E-state index in [2.05, 4.69) is 10.1 Å². The minimum Gasteiger partial charge on any atom is -0.453 e. The second-order valence-corrected chi connectivity index (χ2v) is 5.55. The van der Waals surface area contributed by atoms with E-state index in [-0.39, 0.29) is 11.5 Å². The minimum absolute atomic E-state index is 0.0940. The van der Waals surface area contributed by atoms with E-state index in [0.29, 0.717) is 0 Å². The molecule has 0 bridgehead atoms. The number of sulfone groups is 1. The Bertz CT molecular complexity index is 302. The van der Waals surface area contributed by atoms with Gasteiger partial charge in [-0.2, -0.15) is 0 Å². The summed E-state index contributed by atoms with van der Waals surface area (Å²) in [7, 11) is -1.89. The Kier molecular flexibility index (Phi) is 3.02. The molecule has 1 amide bonds.